The van der Waals surface area contributed by atoms with Crippen molar-refractivity contribution in [2.45, 2.75) is 39.0 Å². The third-order valence-electron chi connectivity index (χ3n) is 4.98. The zero-order chi connectivity index (χ0) is 19.9. The average Bonchev–Trinajstić information content (AvgIpc) is 2.73. The van der Waals surface area contributed by atoms with Gasteiger partial charge in [0.15, 0.2) is 0 Å². The van der Waals surface area contributed by atoms with Crippen molar-refractivity contribution in [1.82, 2.24) is 5.43 Å². The third kappa shape index (κ3) is 5.42. The molecule has 2 aromatic carbocycles. The van der Waals surface area contributed by atoms with Crippen molar-refractivity contribution in [3.05, 3.63) is 64.7 Å². The zero-order valence-electron chi connectivity index (χ0n) is 15.9. The highest BCUT2D eigenvalue weighted by atomic mass is 35.5. The smallest absolute Gasteiger partial charge is 0.271 e. The summed E-state index contributed by atoms with van der Waals surface area (Å²) >= 11 is 5.88. The highest BCUT2D eigenvalue weighted by Crippen LogP contribution is 2.25. The lowest BCUT2D eigenvalue weighted by Gasteiger charge is -2.20. The first kappa shape index (κ1) is 20.1. The first-order valence-electron chi connectivity index (χ1n) is 9.54. The second kappa shape index (κ2) is 9.51. The standard InChI is InChI=1S/C22H24ClN3O2/c1-15(16-7-11-19(23)12-8-16)25-26-22(28)18-9-13-20(14-10-18)24-21(27)17-5-3-2-4-6-17/h7-14,17H,2-6H2,1H3,(H,24,27)(H,26,28)/b25-15+. The van der Waals surface area contributed by atoms with Crippen molar-refractivity contribution < 1.29 is 9.59 Å². The molecule has 5 nitrogen and oxygen atoms in total. The molecule has 0 saturated heterocycles. The molecule has 2 N–H and O–H groups in total. The number of rotatable bonds is 5. The van der Waals surface area contributed by atoms with Gasteiger partial charge in [-0.05, 0) is 61.7 Å². The maximum Gasteiger partial charge on any atom is 0.271 e. The van der Waals surface area contributed by atoms with Crippen LogP contribution in [0.5, 0.6) is 0 Å². The predicted molar refractivity (Wildman–Crippen MR) is 113 cm³/mol. The minimum absolute atomic E-state index is 0.0695. The van der Waals surface area contributed by atoms with Gasteiger partial charge in [-0.2, -0.15) is 5.10 Å². The molecular formula is C22H24ClN3O2. The van der Waals surface area contributed by atoms with E-state index in [0.717, 1.165) is 31.2 Å². The number of benzene rings is 2. The van der Waals surface area contributed by atoms with Crippen LogP contribution in [0.3, 0.4) is 0 Å². The van der Waals surface area contributed by atoms with Crippen molar-refractivity contribution in [2.24, 2.45) is 11.0 Å². The van der Waals surface area contributed by atoms with E-state index in [1.807, 2.05) is 19.1 Å². The molecule has 0 aromatic heterocycles. The second-order valence-corrected chi connectivity index (χ2v) is 7.48. The number of carbonyl (C=O) groups excluding carboxylic acids is 2. The lowest BCUT2D eigenvalue weighted by molar-refractivity contribution is -0.120. The largest absolute Gasteiger partial charge is 0.326 e. The Balaban J connectivity index is 1.56. The van der Waals surface area contributed by atoms with Crippen LogP contribution in [-0.4, -0.2) is 17.5 Å². The lowest BCUT2D eigenvalue weighted by Crippen LogP contribution is -2.24. The van der Waals surface area contributed by atoms with Gasteiger partial charge in [-0.1, -0.05) is 43.0 Å². The Kier molecular flexibility index (Phi) is 6.82. The fraction of sp³-hybridized carbons (Fsp3) is 0.318. The maximum absolute atomic E-state index is 12.3. The molecular weight excluding hydrogens is 374 g/mol. The van der Waals surface area contributed by atoms with Crippen LogP contribution >= 0.6 is 11.6 Å². The summed E-state index contributed by atoms with van der Waals surface area (Å²) in [6.45, 7) is 1.81. The Morgan fingerprint density at radius 3 is 2.18 bits per heavy atom. The topological polar surface area (TPSA) is 70.6 Å². The van der Waals surface area contributed by atoms with Crippen LogP contribution in [0.2, 0.25) is 5.02 Å². The summed E-state index contributed by atoms with van der Waals surface area (Å²) in [6, 6.07) is 14.1. The molecule has 1 saturated carbocycles. The van der Waals surface area contributed by atoms with Gasteiger partial charge >= 0.3 is 0 Å². The van der Waals surface area contributed by atoms with E-state index in [0.29, 0.717) is 22.0 Å². The van der Waals surface area contributed by atoms with E-state index in [4.69, 9.17) is 11.6 Å². The number of nitrogens with one attached hydrogen (secondary N) is 2. The SMILES string of the molecule is C/C(=N\NC(=O)c1ccc(NC(=O)C2CCCCC2)cc1)c1ccc(Cl)cc1. The number of hydrogen-bond donors (Lipinski definition) is 2. The third-order valence-corrected chi connectivity index (χ3v) is 5.23. The van der Waals surface area contributed by atoms with E-state index in [9.17, 15) is 9.59 Å². The minimum Gasteiger partial charge on any atom is -0.326 e. The van der Waals surface area contributed by atoms with E-state index < -0.39 is 0 Å². The van der Waals surface area contributed by atoms with Crippen molar-refractivity contribution >= 4 is 34.8 Å². The fourth-order valence-corrected chi connectivity index (χ4v) is 3.39. The second-order valence-electron chi connectivity index (χ2n) is 7.05. The molecule has 146 valence electrons. The van der Waals surface area contributed by atoms with Gasteiger partial charge in [-0.15, -0.1) is 0 Å². The van der Waals surface area contributed by atoms with Gasteiger partial charge in [-0.3, -0.25) is 9.59 Å². The predicted octanol–water partition coefficient (Wildman–Crippen LogP) is 5.01. The Morgan fingerprint density at radius 1 is 0.929 bits per heavy atom. The molecule has 3 rings (SSSR count). The molecule has 0 heterocycles. The van der Waals surface area contributed by atoms with Crippen molar-refractivity contribution in [2.75, 3.05) is 5.32 Å². The Hall–Kier alpha value is -2.66. The summed E-state index contributed by atoms with van der Waals surface area (Å²) in [5.41, 5.74) is 5.29. The molecule has 2 amide bonds. The summed E-state index contributed by atoms with van der Waals surface area (Å²) < 4.78 is 0. The van der Waals surface area contributed by atoms with Gasteiger partial charge in [0.25, 0.3) is 5.91 Å². The molecule has 0 atom stereocenters. The van der Waals surface area contributed by atoms with Crippen LogP contribution in [0, 0.1) is 5.92 Å². The van der Waals surface area contributed by atoms with Crippen LogP contribution < -0.4 is 10.7 Å². The average molecular weight is 398 g/mol. The number of amides is 2. The number of nitrogens with zero attached hydrogens (tertiary/aromatic N) is 1. The van der Waals surface area contributed by atoms with Gasteiger partial charge in [-0.25, -0.2) is 5.43 Å². The normalized spacial score (nSPS) is 15.1. The highest BCUT2D eigenvalue weighted by molar-refractivity contribution is 6.30. The molecule has 6 heteroatoms. The first-order valence-corrected chi connectivity index (χ1v) is 9.92. The summed E-state index contributed by atoms with van der Waals surface area (Å²) in [7, 11) is 0. The Labute approximate surface area is 170 Å². The maximum atomic E-state index is 12.3. The van der Waals surface area contributed by atoms with Crippen LogP contribution in [0.4, 0.5) is 5.69 Å². The Bertz CT molecular complexity index is 854. The Morgan fingerprint density at radius 2 is 1.54 bits per heavy atom. The fourth-order valence-electron chi connectivity index (χ4n) is 3.27. The molecule has 1 aliphatic rings. The quantitative estimate of drug-likeness (QED) is 0.549. The van der Waals surface area contributed by atoms with E-state index in [2.05, 4.69) is 15.8 Å². The molecule has 28 heavy (non-hydrogen) atoms. The zero-order valence-corrected chi connectivity index (χ0v) is 16.6. The van der Waals surface area contributed by atoms with E-state index in [1.54, 1.807) is 36.4 Å². The van der Waals surface area contributed by atoms with Crippen LogP contribution in [0.25, 0.3) is 0 Å². The molecule has 0 spiro atoms. The van der Waals surface area contributed by atoms with Gasteiger partial charge in [0.1, 0.15) is 0 Å². The van der Waals surface area contributed by atoms with Crippen LogP contribution in [0.15, 0.2) is 53.6 Å². The number of anilines is 1. The summed E-state index contributed by atoms with van der Waals surface area (Å²) in [5, 5.41) is 7.73. The summed E-state index contributed by atoms with van der Waals surface area (Å²) in [5.74, 6) is -0.138. The van der Waals surface area contributed by atoms with Crippen molar-refractivity contribution in [1.29, 1.82) is 0 Å². The molecule has 1 aliphatic carbocycles. The number of hydrogen-bond acceptors (Lipinski definition) is 3. The van der Waals surface area contributed by atoms with E-state index in [-0.39, 0.29) is 17.7 Å². The number of carbonyl (C=O) groups is 2. The molecule has 2 aromatic rings. The monoisotopic (exact) mass is 397 g/mol. The minimum atomic E-state index is -0.307. The van der Waals surface area contributed by atoms with Gasteiger partial charge in [0, 0.05) is 22.2 Å². The van der Waals surface area contributed by atoms with Gasteiger partial charge < -0.3 is 5.32 Å². The van der Waals surface area contributed by atoms with Crippen LogP contribution in [0.1, 0.15) is 54.9 Å². The van der Waals surface area contributed by atoms with Crippen molar-refractivity contribution in [3.63, 3.8) is 0 Å². The molecule has 1 fully saturated rings. The van der Waals surface area contributed by atoms with E-state index in [1.165, 1.54) is 6.42 Å². The molecule has 0 radical (unpaired) electrons. The highest BCUT2D eigenvalue weighted by Gasteiger charge is 2.21. The van der Waals surface area contributed by atoms with Crippen LogP contribution in [-0.2, 0) is 4.79 Å². The van der Waals surface area contributed by atoms with Gasteiger partial charge in [0.05, 0.1) is 5.71 Å². The molecule has 0 unspecified atom stereocenters. The number of halogens is 1. The van der Waals surface area contributed by atoms with Gasteiger partial charge in [0.2, 0.25) is 5.91 Å². The molecule has 0 aliphatic heterocycles. The first-order chi connectivity index (χ1) is 13.5. The summed E-state index contributed by atoms with van der Waals surface area (Å²) in [6.07, 6.45) is 5.36. The lowest BCUT2D eigenvalue weighted by atomic mass is 9.88. The number of hydrazone groups is 1. The van der Waals surface area contributed by atoms with E-state index >= 15 is 0 Å². The summed E-state index contributed by atoms with van der Waals surface area (Å²) in [4.78, 5) is 24.6. The van der Waals surface area contributed by atoms with Crippen molar-refractivity contribution in [3.8, 4) is 0 Å². The molecule has 0 bridgehead atoms.